The zero-order valence-electron chi connectivity index (χ0n) is 16.2. The van der Waals surface area contributed by atoms with Crippen molar-refractivity contribution in [2.24, 2.45) is 0 Å². The summed E-state index contributed by atoms with van der Waals surface area (Å²) in [5.41, 5.74) is 2.10. The number of fused-ring (bicyclic) bond motifs is 1. The summed E-state index contributed by atoms with van der Waals surface area (Å²) in [6.45, 7) is 2.61. The molecular formula is C22H22N2O4S. The summed E-state index contributed by atoms with van der Waals surface area (Å²) >= 11 is 1.61. The lowest BCUT2D eigenvalue weighted by Gasteiger charge is -2.12. The molecular weight excluding hydrogens is 388 g/mol. The molecule has 3 heterocycles. The average Bonchev–Trinajstić information content (AvgIpc) is 3.24. The lowest BCUT2D eigenvalue weighted by Crippen LogP contribution is -2.18. The maximum atomic E-state index is 12.7. The number of hydrogen-bond donors (Lipinski definition) is 0. The minimum absolute atomic E-state index is 0.0523. The Kier molecular flexibility index (Phi) is 5.97. The second kappa shape index (κ2) is 8.80. The highest BCUT2D eigenvalue weighted by atomic mass is 32.2. The Bertz CT molecular complexity index is 1090. The third-order valence-corrected chi connectivity index (χ3v) is 6.05. The fourth-order valence-electron chi connectivity index (χ4n) is 3.37. The maximum absolute atomic E-state index is 12.7. The van der Waals surface area contributed by atoms with Crippen LogP contribution < -0.4 is 5.56 Å². The maximum Gasteiger partial charge on any atom is 0.339 e. The molecule has 3 aromatic rings. The number of aromatic nitrogens is 2. The molecule has 0 aliphatic carbocycles. The fourth-order valence-corrected chi connectivity index (χ4v) is 4.48. The zero-order valence-corrected chi connectivity index (χ0v) is 17.0. The summed E-state index contributed by atoms with van der Waals surface area (Å²) < 4.78 is 12.7. The van der Waals surface area contributed by atoms with Crippen LogP contribution in [0.25, 0.3) is 5.65 Å². The molecule has 1 saturated heterocycles. The van der Waals surface area contributed by atoms with Crippen LogP contribution in [0.4, 0.5) is 0 Å². The molecule has 0 radical (unpaired) electrons. The second-order valence-electron chi connectivity index (χ2n) is 6.96. The molecule has 2 aromatic heterocycles. The van der Waals surface area contributed by atoms with Crippen LogP contribution in [-0.4, -0.2) is 33.8 Å². The van der Waals surface area contributed by atoms with Crippen LogP contribution in [0.15, 0.2) is 58.2 Å². The molecule has 1 aliphatic heterocycles. The highest BCUT2D eigenvalue weighted by molar-refractivity contribution is 7.99. The number of rotatable bonds is 6. The molecule has 0 bridgehead atoms. The monoisotopic (exact) mass is 410 g/mol. The van der Waals surface area contributed by atoms with Crippen LogP contribution in [0.2, 0.25) is 0 Å². The second-order valence-corrected chi connectivity index (χ2v) is 8.03. The van der Waals surface area contributed by atoms with E-state index in [1.807, 2.05) is 37.3 Å². The van der Waals surface area contributed by atoms with Crippen molar-refractivity contribution in [3.8, 4) is 0 Å². The molecule has 150 valence electrons. The van der Waals surface area contributed by atoms with Crippen LogP contribution in [0.1, 0.15) is 34.6 Å². The van der Waals surface area contributed by atoms with Gasteiger partial charge in [-0.1, -0.05) is 18.2 Å². The Hall–Kier alpha value is -2.64. The smallest absolute Gasteiger partial charge is 0.339 e. The first kappa shape index (κ1) is 19.7. The lowest BCUT2D eigenvalue weighted by molar-refractivity contribution is 0.0463. The average molecular weight is 410 g/mol. The predicted octanol–water partition coefficient (Wildman–Crippen LogP) is 3.63. The number of ether oxygens (including phenoxy) is 2. The van der Waals surface area contributed by atoms with E-state index in [9.17, 15) is 9.59 Å². The SMILES string of the molecule is Cc1cccc2nc(COC(=O)c3ccccc3SC[C@@H]3CCCO3)cc(=O)n12. The highest BCUT2D eigenvalue weighted by Gasteiger charge is 2.18. The van der Waals surface area contributed by atoms with Gasteiger partial charge in [-0.15, -0.1) is 11.8 Å². The van der Waals surface area contributed by atoms with E-state index in [4.69, 9.17) is 9.47 Å². The van der Waals surface area contributed by atoms with Gasteiger partial charge in [0.15, 0.2) is 0 Å². The van der Waals surface area contributed by atoms with Gasteiger partial charge in [0, 0.05) is 29.0 Å². The molecule has 1 atom stereocenters. The first-order chi connectivity index (χ1) is 14.1. The van der Waals surface area contributed by atoms with E-state index in [0.717, 1.165) is 35.8 Å². The van der Waals surface area contributed by atoms with Crippen molar-refractivity contribution in [1.29, 1.82) is 0 Å². The van der Waals surface area contributed by atoms with Crippen molar-refractivity contribution >= 4 is 23.4 Å². The van der Waals surface area contributed by atoms with E-state index in [1.165, 1.54) is 10.5 Å². The molecule has 7 heteroatoms. The van der Waals surface area contributed by atoms with Crippen LogP contribution in [-0.2, 0) is 16.1 Å². The summed E-state index contributed by atoms with van der Waals surface area (Å²) in [6.07, 6.45) is 2.39. The van der Waals surface area contributed by atoms with Crippen molar-refractivity contribution in [2.45, 2.75) is 37.4 Å². The van der Waals surface area contributed by atoms with Gasteiger partial charge in [-0.05, 0) is 44.0 Å². The Labute approximate surface area is 172 Å². The van der Waals surface area contributed by atoms with Gasteiger partial charge in [0.05, 0.1) is 17.4 Å². The number of nitrogens with zero attached hydrogens (tertiary/aromatic N) is 2. The van der Waals surface area contributed by atoms with E-state index in [1.54, 1.807) is 23.9 Å². The van der Waals surface area contributed by atoms with Crippen molar-refractivity contribution in [1.82, 2.24) is 9.38 Å². The van der Waals surface area contributed by atoms with E-state index >= 15 is 0 Å². The van der Waals surface area contributed by atoms with Crippen LogP contribution in [0.5, 0.6) is 0 Å². The summed E-state index contributed by atoms with van der Waals surface area (Å²) in [5, 5.41) is 0. The van der Waals surface area contributed by atoms with Crippen molar-refractivity contribution in [3.63, 3.8) is 0 Å². The number of carbonyl (C=O) groups is 1. The quantitative estimate of drug-likeness (QED) is 0.457. The molecule has 1 aromatic carbocycles. The number of aryl methyl sites for hydroxylation is 1. The Balaban J connectivity index is 1.46. The van der Waals surface area contributed by atoms with Crippen LogP contribution >= 0.6 is 11.8 Å². The highest BCUT2D eigenvalue weighted by Crippen LogP contribution is 2.27. The van der Waals surface area contributed by atoms with Gasteiger partial charge in [-0.2, -0.15) is 0 Å². The van der Waals surface area contributed by atoms with Gasteiger partial charge >= 0.3 is 5.97 Å². The van der Waals surface area contributed by atoms with Crippen molar-refractivity contribution in [3.05, 3.63) is 75.8 Å². The van der Waals surface area contributed by atoms with Crippen LogP contribution in [0.3, 0.4) is 0 Å². The zero-order chi connectivity index (χ0) is 20.2. The van der Waals surface area contributed by atoms with Gasteiger partial charge in [0.25, 0.3) is 5.56 Å². The van der Waals surface area contributed by atoms with Crippen molar-refractivity contribution < 1.29 is 14.3 Å². The third kappa shape index (κ3) is 4.52. The predicted molar refractivity (Wildman–Crippen MR) is 111 cm³/mol. The minimum Gasteiger partial charge on any atom is -0.456 e. The Morgan fingerprint density at radius 2 is 2.14 bits per heavy atom. The minimum atomic E-state index is -0.424. The van der Waals surface area contributed by atoms with Gasteiger partial charge < -0.3 is 9.47 Å². The summed E-state index contributed by atoms with van der Waals surface area (Å²) in [4.78, 5) is 30.3. The first-order valence-corrected chi connectivity index (χ1v) is 10.6. The van der Waals surface area contributed by atoms with E-state index in [-0.39, 0.29) is 18.3 Å². The lowest BCUT2D eigenvalue weighted by atomic mass is 10.2. The summed E-state index contributed by atoms with van der Waals surface area (Å²) in [6, 6.07) is 14.3. The van der Waals surface area contributed by atoms with E-state index < -0.39 is 5.97 Å². The number of thioether (sulfide) groups is 1. The number of pyridine rings is 1. The summed E-state index contributed by atoms with van der Waals surface area (Å²) in [7, 11) is 0. The first-order valence-electron chi connectivity index (χ1n) is 9.61. The van der Waals surface area contributed by atoms with E-state index in [0.29, 0.717) is 16.9 Å². The number of carbonyl (C=O) groups excluding carboxylic acids is 1. The number of esters is 1. The molecule has 6 nitrogen and oxygen atoms in total. The van der Waals surface area contributed by atoms with E-state index in [2.05, 4.69) is 4.98 Å². The molecule has 29 heavy (non-hydrogen) atoms. The van der Waals surface area contributed by atoms with Gasteiger partial charge in [-0.3, -0.25) is 9.20 Å². The largest absolute Gasteiger partial charge is 0.456 e. The van der Waals surface area contributed by atoms with Crippen molar-refractivity contribution in [2.75, 3.05) is 12.4 Å². The molecule has 0 saturated carbocycles. The van der Waals surface area contributed by atoms with Gasteiger partial charge in [0.1, 0.15) is 12.3 Å². The molecule has 1 aliphatic rings. The van der Waals surface area contributed by atoms with Gasteiger partial charge in [0.2, 0.25) is 0 Å². The standard InChI is InChI=1S/C22H22N2O4S/c1-15-6-4-10-20-23-16(12-21(25)24(15)20)13-28-22(26)18-8-2-3-9-19(18)29-14-17-7-5-11-27-17/h2-4,6,8-10,12,17H,5,7,11,13-14H2,1H3/t17-/m0/s1. The molecule has 0 spiro atoms. The normalized spacial score (nSPS) is 16.2. The van der Waals surface area contributed by atoms with Crippen LogP contribution in [0, 0.1) is 6.92 Å². The molecule has 0 N–H and O–H groups in total. The van der Waals surface area contributed by atoms with Gasteiger partial charge in [-0.25, -0.2) is 9.78 Å². The summed E-state index contributed by atoms with van der Waals surface area (Å²) in [5.74, 6) is 0.388. The number of hydrogen-bond acceptors (Lipinski definition) is 6. The Morgan fingerprint density at radius 1 is 1.28 bits per heavy atom. The molecule has 1 fully saturated rings. The fraction of sp³-hybridized carbons (Fsp3) is 0.318. The molecule has 4 rings (SSSR count). The molecule has 0 unspecified atom stereocenters. The topological polar surface area (TPSA) is 69.9 Å². The molecule has 0 amide bonds. The third-order valence-electron chi connectivity index (χ3n) is 4.84. The Morgan fingerprint density at radius 3 is 2.97 bits per heavy atom. The number of benzene rings is 1.